The van der Waals surface area contributed by atoms with Crippen molar-refractivity contribution in [2.75, 3.05) is 18.0 Å². The Balaban J connectivity index is 2.84. The number of carboxylic acid groups (broad SMARTS) is 1. The molecular weight excluding hydrogens is 264 g/mol. The predicted molar refractivity (Wildman–Crippen MR) is 77.3 cm³/mol. The Morgan fingerprint density at radius 1 is 1.37 bits per heavy atom. The van der Waals surface area contributed by atoms with Gasteiger partial charge in [-0.1, -0.05) is 23.7 Å². The monoisotopic (exact) mass is 278 g/mol. The van der Waals surface area contributed by atoms with Crippen molar-refractivity contribution in [1.82, 2.24) is 4.98 Å². The van der Waals surface area contributed by atoms with Gasteiger partial charge < -0.3 is 10.0 Å². The summed E-state index contributed by atoms with van der Waals surface area (Å²) in [5.41, 5.74) is 1.53. The van der Waals surface area contributed by atoms with Crippen LogP contribution in [0.15, 0.2) is 24.4 Å². The van der Waals surface area contributed by atoms with Crippen molar-refractivity contribution >= 4 is 34.2 Å². The summed E-state index contributed by atoms with van der Waals surface area (Å²) >= 11 is 6.12. The van der Waals surface area contributed by atoms with Crippen molar-refractivity contribution in [2.45, 2.75) is 13.8 Å². The molecule has 1 heterocycles. The maximum Gasteiger partial charge on any atom is 0.339 e. The molecule has 0 saturated carbocycles. The summed E-state index contributed by atoms with van der Waals surface area (Å²) in [6.45, 7) is 5.43. The third kappa shape index (κ3) is 2.36. The number of aromatic nitrogens is 1. The number of hydrogen-bond acceptors (Lipinski definition) is 3. The first-order chi connectivity index (χ1) is 9.10. The van der Waals surface area contributed by atoms with E-state index in [1.165, 1.54) is 6.20 Å². The maximum atomic E-state index is 11.4. The lowest BCUT2D eigenvalue weighted by Crippen LogP contribution is -2.24. The van der Waals surface area contributed by atoms with E-state index in [0.29, 0.717) is 16.2 Å². The maximum absolute atomic E-state index is 11.4. The van der Waals surface area contributed by atoms with E-state index in [-0.39, 0.29) is 5.56 Å². The van der Waals surface area contributed by atoms with E-state index in [0.717, 1.165) is 18.5 Å². The molecule has 0 atom stereocenters. The Morgan fingerprint density at radius 2 is 2.05 bits per heavy atom. The van der Waals surface area contributed by atoms with Crippen LogP contribution in [-0.4, -0.2) is 29.1 Å². The van der Waals surface area contributed by atoms with Crippen LogP contribution in [0.25, 0.3) is 10.9 Å². The van der Waals surface area contributed by atoms with Gasteiger partial charge in [0, 0.05) is 24.7 Å². The number of rotatable bonds is 4. The van der Waals surface area contributed by atoms with Gasteiger partial charge in [0.2, 0.25) is 0 Å². The zero-order chi connectivity index (χ0) is 14.0. The van der Waals surface area contributed by atoms with Gasteiger partial charge in [-0.2, -0.15) is 0 Å². The highest BCUT2D eigenvalue weighted by Crippen LogP contribution is 2.32. The Bertz CT molecular complexity index is 624. The van der Waals surface area contributed by atoms with Gasteiger partial charge in [-0.05, 0) is 19.9 Å². The molecule has 0 aliphatic carbocycles. The lowest BCUT2D eigenvalue weighted by Gasteiger charge is -2.24. The average molecular weight is 279 g/mol. The third-order valence-electron chi connectivity index (χ3n) is 3.13. The molecule has 5 heteroatoms. The first-order valence-corrected chi connectivity index (χ1v) is 6.53. The molecule has 1 N–H and O–H groups in total. The molecule has 1 aromatic carbocycles. The van der Waals surface area contributed by atoms with Crippen molar-refractivity contribution < 1.29 is 9.90 Å². The number of nitrogens with zero attached hydrogens (tertiary/aromatic N) is 2. The van der Waals surface area contributed by atoms with Crippen LogP contribution in [-0.2, 0) is 0 Å². The molecule has 0 radical (unpaired) electrons. The molecule has 0 bridgehead atoms. The summed E-state index contributed by atoms with van der Waals surface area (Å²) in [4.78, 5) is 17.6. The molecule has 0 spiro atoms. The van der Waals surface area contributed by atoms with E-state index in [9.17, 15) is 9.90 Å². The Hall–Kier alpha value is -1.81. The van der Waals surface area contributed by atoms with Gasteiger partial charge >= 0.3 is 5.97 Å². The lowest BCUT2D eigenvalue weighted by atomic mass is 10.1. The second-order valence-corrected chi connectivity index (χ2v) is 4.54. The zero-order valence-electron chi connectivity index (χ0n) is 10.9. The molecule has 1 aromatic heterocycles. The van der Waals surface area contributed by atoms with E-state index < -0.39 is 5.97 Å². The second kappa shape index (κ2) is 5.45. The standard InChI is InChI=1S/C14H15ClN2O2/c1-3-17(4-2)13-9-6-5-7-11(15)12(9)16-8-10(13)14(18)19/h5-8H,3-4H2,1-2H3,(H,18,19). The lowest BCUT2D eigenvalue weighted by molar-refractivity contribution is 0.0697. The van der Waals surface area contributed by atoms with Crippen molar-refractivity contribution in [3.05, 3.63) is 35.0 Å². The summed E-state index contributed by atoms with van der Waals surface area (Å²) in [7, 11) is 0. The van der Waals surface area contributed by atoms with E-state index in [4.69, 9.17) is 11.6 Å². The number of anilines is 1. The van der Waals surface area contributed by atoms with Crippen LogP contribution in [0.2, 0.25) is 5.02 Å². The van der Waals surface area contributed by atoms with E-state index >= 15 is 0 Å². The van der Waals surface area contributed by atoms with Gasteiger partial charge in [0.15, 0.2) is 0 Å². The highest BCUT2D eigenvalue weighted by Gasteiger charge is 2.19. The van der Waals surface area contributed by atoms with Crippen LogP contribution in [0.3, 0.4) is 0 Å². The smallest absolute Gasteiger partial charge is 0.339 e. The second-order valence-electron chi connectivity index (χ2n) is 4.13. The molecule has 2 aromatic rings. The molecule has 2 rings (SSSR count). The van der Waals surface area contributed by atoms with Crippen molar-refractivity contribution in [3.63, 3.8) is 0 Å². The van der Waals surface area contributed by atoms with Crippen molar-refractivity contribution in [1.29, 1.82) is 0 Å². The number of carboxylic acids is 1. The van der Waals surface area contributed by atoms with Gasteiger partial charge in [-0.15, -0.1) is 0 Å². The molecule has 4 nitrogen and oxygen atoms in total. The zero-order valence-corrected chi connectivity index (χ0v) is 11.6. The summed E-state index contributed by atoms with van der Waals surface area (Å²) in [6.07, 6.45) is 1.38. The molecular formula is C14H15ClN2O2. The van der Waals surface area contributed by atoms with Gasteiger partial charge in [0.25, 0.3) is 0 Å². The van der Waals surface area contributed by atoms with Crippen LogP contribution in [0.4, 0.5) is 5.69 Å². The summed E-state index contributed by atoms with van der Waals surface area (Å²) in [6, 6.07) is 5.42. The predicted octanol–water partition coefficient (Wildman–Crippen LogP) is 3.43. The van der Waals surface area contributed by atoms with Gasteiger partial charge in [-0.3, -0.25) is 4.98 Å². The molecule has 0 aliphatic heterocycles. The van der Waals surface area contributed by atoms with Crippen LogP contribution < -0.4 is 4.90 Å². The Labute approximate surface area is 116 Å². The fourth-order valence-corrected chi connectivity index (χ4v) is 2.43. The minimum atomic E-state index is -0.976. The van der Waals surface area contributed by atoms with Crippen LogP contribution in [0.1, 0.15) is 24.2 Å². The fraction of sp³-hybridized carbons (Fsp3) is 0.286. The first kappa shape index (κ1) is 13.6. The number of halogens is 1. The van der Waals surface area contributed by atoms with Crippen LogP contribution in [0, 0.1) is 0 Å². The Morgan fingerprint density at radius 3 is 2.63 bits per heavy atom. The highest BCUT2D eigenvalue weighted by atomic mass is 35.5. The van der Waals surface area contributed by atoms with Gasteiger partial charge in [0.1, 0.15) is 5.56 Å². The van der Waals surface area contributed by atoms with Crippen LogP contribution in [0.5, 0.6) is 0 Å². The molecule has 0 unspecified atom stereocenters. The molecule has 100 valence electrons. The number of aromatic carboxylic acids is 1. The van der Waals surface area contributed by atoms with Gasteiger partial charge in [-0.25, -0.2) is 4.79 Å². The summed E-state index contributed by atoms with van der Waals surface area (Å²) in [5.74, 6) is -0.976. The molecule has 19 heavy (non-hydrogen) atoms. The number of benzene rings is 1. The number of fused-ring (bicyclic) bond motifs is 1. The molecule has 0 saturated heterocycles. The quantitative estimate of drug-likeness (QED) is 0.931. The SMILES string of the molecule is CCN(CC)c1c(C(=O)O)cnc2c(Cl)cccc12. The molecule has 0 fully saturated rings. The number of pyridine rings is 1. The summed E-state index contributed by atoms with van der Waals surface area (Å²) < 4.78 is 0. The number of para-hydroxylation sites is 1. The van der Waals surface area contributed by atoms with Crippen molar-refractivity contribution in [3.8, 4) is 0 Å². The first-order valence-electron chi connectivity index (χ1n) is 6.15. The number of carbonyl (C=O) groups is 1. The highest BCUT2D eigenvalue weighted by molar-refractivity contribution is 6.35. The fourth-order valence-electron chi connectivity index (χ4n) is 2.21. The van der Waals surface area contributed by atoms with Crippen molar-refractivity contribution in [2.24, 2.45) is 0 Å². The third-order valence-corrected chi connectivity index (χ3v) is 3.43. The van der Waals surface area contributed by atoms with Crippen LogP contribution >= 0.6 is 11.6 Å². The number of hydrogen-bond donors (Lipinski definition) is 1. The summed E-state index contributed by atoms with van der Waals surface area (Å²) in [5, 5.41) is 10.6. The molecule has 0 amide bonds. The average Bonchev–Trinajstić information content (AvgIpc) is 2.40. The van der Waals surface area contributed by atoms with E-state index in [1.54, 1.807) is 6.07 Å². The molecule has 0 aliphatic rings. The minimum Gasteiger partial charge on any atom is -0.478 e. The van der Waals surface area contributed by atoms with E-state index in [1.807, 2.05) is 30.9 Å². The minimum absolute atomic E-state index is 0.207. The van der Waals surface area contributed by atoms with E-state index in [2.05, 4.69) is 4.98 Å². The topological polar surface area (TPSA) is 53.4 Å². The normalized spacial score (nSPS) is 10.7. The van der Waals surface area contributed by atoms with Gasteiger partial charge in [0.05, 0.1) is 16.2 Å². The Kier molecular flexibility index (Phi) is 3.90. The largest absolute Gasteiger partial charge is 0.478 e.